The van der Waals surface area contributed by atoms with Crippen molar-refractivity contribution in [3.05, 3.63) is 23.8 Å². The van der Waals surface area contributed by atoms with Crippen LogP contribution < -0.4 is 0 Å². The van der Waals surface area contributed by atoms with Crippen LogP contribution in [0.5, 0.6) is 0 Å². The van der Waals surface area contributed by atoms with Gasteiger partial charge in [0.2, 0.25) is 0 Å². The summed E-state index contributed by atoms with van der Waals surface area (Å²) in [5.74, 6) is 1.12. The molecule has 6 nitrogen and oxygen atoms in total. The van der Waals surface area contributed by atoms with Gasteiger partial charge in [0, 0.05) is 19.4 Å². The van der Waals surface area contributed by atoms with E-state index < -0.39 is 0 Å². The van der Waals surface area contributed by atoms with Crippen molar-refractivity contribution in [1.29, 1.82) is 0 Å². The maximum absolute atomic E-state index is 9.06. The minimum Gasteiger partial charge on any atom is -0.314 e. The summed E-state index contributed by atoms with van der Waals surface area (Å²) in [7, 11) is 1.55. The molecule has 0 aromatic carbocycles. The SMILES string of the molecule is CCc1cnc2nc(CN(C)O)nn2c1. The normalized spacial score (nSPS) is 11.5. The van der Waals surface area contributed by atoms with Crippen molar-refractivity contribution < 1.29 is 5.21 Å². The van der Waals surface area contributed by atoms with Crippen LogP contribution >= 0.6 is 0 Å². The van der Waals surface area contributed by atoms with Crippen LogP contribution in [0.25, 0.3) is 5.78 Å². The van der Waals surface area contributed by atoms with Crippen LogP contribution in [0, 0.1) is 0 Å². The maximum Gasteiger partial charge on any atom is 0.252 e. The van der Waals surface area contributed by atoms with Crippen LogP contribution in [0.1, 0.15) is 18.3 Å². The van der Waals surface area contributed by atoms with E-state index in [1.54, 1.807) is 17.8 Å². The zero-order chi connectivity index (χ0) is 10.8. The fourth-order valence-electron chi connectivity index (χ4n) is 1.32. The van der Waals surface area contributed by atoms with Gasteiger partial charge in [-0.25, -0.2) is 9.50 Å². The molecule has 0 aliphatic heterocycles. The number of hydrogen-bond acceptors (Lipinski definition) is 5. The molecule has 0 aliphatic rings. The quantitative estimate of drug-likeness (QED) is 0.743. The first-order valence-electron chi connectivity index (χ1n) is 4.79. The van der Waals surface area contributed by atoms with Gasteiger partial charge in [-0.05, 0) is 12.0 Å². The number of aryl methyl sites for hydroxylation is 1. The first-order valence-corrected chi connectivity index (χ1v) is 4.79. The number of hydroxylamine groups is 2. The van der Waals surface area contributed by atoms with Crippen molar-refractivity contribution in [2.45, 2.75) is 19.9 Å². The van der Waals surface area contributed by atoms with Gasteiger partial charge in [-0.15, -0.1) is 5.10 Å². The summed E-state index contributed by atoms with van der Waals surface area (Å²) >= 11 is 0. The molecule has 1 N–H and O–H groups in total. The molecule has 0 unspecified atom stereocenters. The zero-order valence-corrected chi connectivity index (χ0v) is 8.75. The van der Waals surface area contributed by atoms with Gasteiger partial charge in [0.1, 0.15) is 0 Å². The molecule has 0 bridgehead atoms. The van der Waals surface area contributed by atoms with Crippen molar-refractivity contribution in [2.24, 2.45) is 0 Å². The Balaban J connectivity index is 2.37. The Morgan fingerprint density at radius 1 is 1.53 bits per heavy atom. The number of fused-ring (bicyclic) bond motifs is 1. The summed E-state index contributed by atoms with van der Waals surface area (Å²) in [6.45, 7) is 2.35. The molecule has 15 heavy (non-hydrogen) atoms. The predicted octanol–water partition coefficient (Wildman–Crippen LogP) is 0.508. The number of rotatable bonds is 3. The van der Waals surface area contributed by atoms with E-state index in [1.807, 2.05) is 6.20 Å². The summed E-state index contributed by atoms with van der Waals surface area (Å²) < 4.78 is 1.64. The molecule has 0 amide bonds. The molecule has 2 heterocycles. The Morgan fingerprint density at radius 3 is 3.00 bits per heavy atom. The molecule has 6 heteroatoms. The van der Waals surface area contributed by atoms with E-state index in [2.05, 4.69) is 22.0 Å². The van der Waals surface area contributed by atoms with E-state index in [0.717, 1.165) is 17.0 Å². The van der Waals surface area contributed by atoms with Gasteiger partial charge in [0.05, 0.1) is 6.54 Å². The number of hydrogen-bond donors (Lipinski definition) is 1. The fraction of sp³-hybridized carbons (Fsp3) is 0.444. The lowest BCUT2D eigenvalue weighted by Crippen LogP contribution is -2.12. The second-order valence-corrected chi connectivity index (χ2v) is 3.40. The molecule has 0 fully saturated rings. The highest BCUT2D eigenvalue weighted by Crippen LogP contribution is 2.03. The highest BCUT2D eigenvalue weighted by Gasteiger charge is 2.06. The van der Waals surface area contributed by atoms with E-state index in [4.69, 9.17) is 5.21 Å². The molecule has 0 saturated carbocycles. The van der Waals surface area contributed by atoms with Gasteiger partial charge in [0.25, 0.3) is 5.78 Å². The first-order chi connectivity index (χ1) is 7.19. The van der Waals surface area contributed by atoms with Crippen molar-refractivity contribution in [1.82, 2.24) is 24.6 Å². The molecule has 2 rings (SSSR count). The lowest BCUT2D eigenvalue weighted by Gasteiger charge is -2.01. The minimum absolute atomic E-state index is 0.296. The van der Waals surface area contributed by atoms with Crippen molar-refractivity contribution in [3.8, 4) is 0 Å². The van der Waals surface area contributed by atoms with Crippen molar-refractivity contribution in [3.63, 3.8) is 0 Å². The van der Waals surface area contributed by atoms with Crippen LogP contribution in [0.15, 0.2) is 12.4 Å². The molecule has 0 saturated heterocycles. The van der Waals surface area contributed by atoms with Gasteiger partial charge in [-0.1, -0.05) is 6.92 Å². The number of aromatic nitrogens is 4. The van der Waals surface area contributed by atoms with Gasteiger partial charge in [0.15, 0.2) is 5.82 Å². The Kier molecular flexibility index (Phi) is 2.61. The lowest BCUT2D eigenvalue weighted by atomic mass is 10.3. The van der Waals surface area contributed by atoms with E-state index in [9.17, 15) is 0 Å². The molecular formula is C9H13N5O. The van der Waals surface area contributed by atoms with Crippen LogP contribution in [0.3, 0.4) is 0 Å². The number of nitrogens with zero attached hydrogens (tertiary/aromatic N) is 5. The lowest BCUT2D eigenvalue weighted by molar-refractivity contribution is -0.0749. The summed E-state index contributed by atoms with van der Waals surface area (Å²) in [4.78, 5) is 8.34. The zero-order valence-electron chi connectivity index (χ0n) is 8.75. The Hall–Kier alpha value is -1.53. The van der Waals surface area contributed by atoms with Crippen LogP contribution in [-0.2, 0) is 13.0 Å². The second-order valence-electron chi connectivity index (χ2n) is 3.40. The second kappa shape index (κ2) is 3.92. The van der Waals surface area contributed by atoms with Crippen LogP contribution in [-0.4, -0.2) is 36.9 Å². The molecule has 0 spiro atoms. The third kappa shape index (κ3) is 2.11. The Labute approximate surface area is 87.1 Å². The summed E-state index contributed by atoms with van der Waals surface area (Å²) in [6.07, 6.45) is 4.60. The van der Waals surface area contributed by atoms with Crippen molar-refractivity contribution in [2.75, 3.05) is 7.05 Å². The van der Waals surface area contributed by atoms with Gasteiger partial charge < -0.3 is 5.21 Å². The average molecular weight is 207 g/mol. The third-order valence-corrected chi connectivity index (χ3v) is 2.07. The molecule has 80 valence electrons. The molecule has 2 aromatic rings. The Bertz CT molecular complexity index is 464. The average Bonchev–Trinajstić information content (AvgIpc) is 2.57. The standard InChI is InChI=1S/C9H13N5O/c1-3-7-4-10-9-11-8(6-13(2)15)12-14(9)5-7/h4-5,15H,3,6H2,1-2H3. The van der Waals surface area contributed by atoms with E-state index in [0.29, 0.717) is 18.1 Å². The topological polar surface area (TPSA) is 66.5 Å². The van der Waals surface area contributed by atoms with Gasteiger partial charge in [-0.3, -0.25) is 0 Å². The van der Waals surface area contributed by atoms with E-state index in [-0.39, 0.29) is 0 Å². The fourth-order valence-corrected chi connectivity index (χ4v) is 1.32. The first kappa shape index (κ1) is 10.0. The summed E-state index contributed by atoms with van der Waals surface area (Å²) in [6, 6.07) is 0. The van der Waals surface area contributed by atoms with Crippen molar-refractivity contribution >= 4 is 5.78 Å². The van der Waals surface area contributed by atoms with E-state index in [1.165, 1.54) is 0 Å². The molecule has 0 atom stereocenters. The summed E-state index contributed by atoms with van der Waals surface area (Å²) in [5.41, 5.74) is 1.11. The molecular weight excluding hydrogens is 194 g/mol. The van der Waals surface area contributed by atoms with E-state index >= 15 is 0 Å². The predicted molar refractivity (Wildman–Crippen MR) is 53.4 cm³/mol. The minimum atomic E-state index is 0.296. The third-order valence-electron chi connectivity index (χ3n) is 2.07. The van der Waals surface area contributed by atoms with Crippen LogP contribution in [0.4, 0.5) is 0 Å². The highest BCUT2D eigenvalue weighted by molar-refractivity contribution is 5.27. The maximum atomic E-state index is 9.06. The monoisotopic (exact) mass is 207 g/mol. The highest BCUT2D eigenvalue weighted by atomic mass is 16.5. The smallest absolute Gasteiger partial charge is 0.252 e. The summed E-state index contributed by atoms with van der Waals surface area (Å²) in [5, 5.41) is 14.3. The molecule has 0 aliphatic carbocycles. The van der Waals surface area contributed by atoms with Crippen LogP contribution in [0.2, 0.25) is 0 Å². The molecule has 0 radical (unpaired) electrons. The molecule has 2 aromatic heterocycles. The van der Waals surface area contributed by atoms with Gasteiger partial charge in [-0.2, -0.15) is 10.0 Å². The van der Waals surface area contributed by atoms with Gasteiger partial charge >= 0.3 is 0 Å². The largest absolute Gasteiger partial charge is 0.314 e. The Morgan fingerprint density at radius 2 is 2.33 bits per heavy atom.